The summed E-state index contributed by atoms with van der Waals surface area (Å²) in [6.07, 6.45) is 8.55. The van der Waals surface area contributed by atoms with Gasteiger partial charge in [0.15, 0.2) is 0 Å². The number of rotatable bonds is 7. The van der Waals surface area contributed by atoms with Crippen LogP contribution in [0, 0.1) is 12.3 Å². The minimum Gasteiger partial charge on any atom is -0.479 e. The second kappa shape index (κ2) is 9.83. The number of carbonyl (C=O) groups is 3. The molecule has 2 saturated heterocycles. The molecule has 0 bridgehead atoms. The first-order valence-electron chi connectivity index (χ1n) is 8.97. The van der Waals surface area contributed by atoms with E-state index in [4.69, 9.17) is 27.5 Å². The number of thioether (sulfide) groups is 1. The Kier molecular flexibility index (Phi) is 7.20. The number of halogens is 1. The first kappa shape index (κ1) is 21.2. The molecule has 1 aromatic rings. The second-order valence-corrected chi connectivity index (χ2v) is 7.79. The minimum absolute atomic E-state index is 0.00824. The number of imide groups is 1. The van der Waals surface area contributed by atoms with E-state index in [0.717, 1.165) is 29.5 Å². The van der Waals surface area contributed by atoms with Crippen molar-refractivity contribution >= 4 is 46.5 Å². The molecule has 3 amide bonds. The lowest BCUT2D eigenvalue weighted by Crippen LogP contribution is -2.41. The summed E-state index contributed by atoms with van der Waals surface area (Å²) in [6, 6.07) is 4.93. The van der Waals surface area contributed by atoms with Crippen LogP contribution >= 0.6 is 23.4 Å². The molecule has 2 heterocycles. The number of amides is 3. The third-order valence-electron chi connectivity index (χ3n) is 4.29. The molecule has 0 radical (unpaired) electrons. The van der Waals surface area contributed by atoms with Gasteiger partial charge >= 0.3 is 0 Å². The molecule has 3 rings (SSSR count). The molecule has 0 spiro atoms. The van der Waals surface area contributed by atoms with E-state index in [1.807, 2.05) is 0 Å². The third-order valence-corrected chi connectivity index (χ3v) is 5.49. The number of carbonyl (C=O) groups excluding carboxylic acids is 3. The third kappa shape index (κ3) is 5.54. The van der Waals surface area contributed by atoms with Crippen molar-refractivity contribution in [2.24, 2.45) is 0 Å². The van der Waals surface area contributed by atoms with Gasteiger partial charge in [-0.05, 0) is 48.4 Å². The first-order chi connectivity index (χ1) is 14.0. The van der Waals surface area contributed by atoms with Crippen LogP contribution in [-0.2, 0) is 14.3 Å². The van der Waals surface area contributed by atoms with E-state index >= 15 is 0 Å². The van der Waals surface area contributed by atoms with E-state index in [1.54, 1.807) is 24.3 Å². The topological polar surface area (TPSA) is 84.9 Å². The number of hydrogen-bond acceptors (Lipinski definition) is 6. The van der Waals surface area contributed by atoms with E-state index in [-0.39, 0.29) is 24.2 Å². The highest BCUT2D eigenvalue weighted by molar-refractivity contribution is 8.18. The fraction of sp³-hybridized carbons (Fsp3) is 0.350. The average molecular weight is 435 g/mol. The van der Waals surface area contributed by atoms with Gasteiger partial charge in [0.1, 0.15) is 18.9 Å². The summed E-state index contributed by atoms with van der Waals surface area (Å²) >= 11 is 6.93. The lowest BCUT2D eigenvalue weighted by Gasteiger charge is -2.14. The molecule has 2 fully saturated rings. The molecule has 0 unspecified atom stereocenters. The van der Waals surface area contributed by atoms with Gasteiger partial charge in [-0.2, -0.15) is 0 Å². The van der Waals surface area contributed by atoms with E-state index < -0.39 is 17.1 Å². The van der Waals surface area contributed by atoms with Crippen molar-refractivity contribution < 1.29 is 23.9 Å². The molecule has 1 N–H and O–H groups in total. The summed E-state index contributed by atoms with van der Waals surface area (Å²) in [5.74, 6) is 1.86. The molecular weight excluding hydrogens is 416 g/mol. The van der Waals surface area contributed by atoms with Crippen molar-refractivity contribution in [3.05, 3.63) is 33.7 Å². The Morgan fingerprint density at radius 1 is 1.48 bits per heavy atom. The van der Waals surface area contributed by atoms with Crippen LogP contribution in [0.5, 0.6) is 5.75 Å². The molecule has 2 aliphatic heterocycles. The van der Waals surface area contributed by atoms with Gasteiger partial charge in [0.25, 0.3) is 11.1 Å². The predicted octanol–water partition coefficient (Wildman–Crippen LogP) is 2.68. The van der Waals surface area contributed by atoms with Crippen LogP contribution in [-0.4, -0.2) is 54.4 Å². The Balaban J connectivity index is 1.61. The SMILES string of the molecule is C#CCOc1ccc(/C=C2\SC(=O)N(CC(=O)NC[C@@H]3CCCO3)C2=O)cc1Cl. The Morgan fingerprint density at radius 2 is 2.31 bits per heavy atom. The van der Waals surface area contributed by atoms with Crippen LogP contribution in [0.25, 0.3) is 6.08 Å². The molecule has 1 atom stereocenters. The quantitative estimate of drug-likeness (QED) is 0.524. The largest absolute Gasteiger partial charge is 0.479 e. The van der Waals surface area contributed by atoms with Crippen molar-refractivity contribution in [1.82, 2.24) is 10.2 Å². The summed E-state index contributed by atoms with van der Waals surface area (Å²) < 4.78 is 10.7. The zero-order chi connectivity index (χ0) is 20.8. The molecule has 0 aromatic heterocycles. The molecule has 29 heavy (non-hydrogen) atoms. The van der Waals surface area contributed by atoms with Crippen molar-refractivity contribution in [3.63, 3.8) is 0 Å². The van der Waals surface area contributed by atoms with Gasteiger partial charge in [-0.1, -0.05) is 23.6 Å². The van der Waals surface area contributed by atoms with Gasteiger partial charge in [0.2, 0.25) is 5.91 Å². The van der Waals surface area contributed by atoms with E-state index in [0.29, 0.717) is 29.5 Å². The fourth-order valence-corrected chi connectivity index (χ4v) is 3.95. The summed E-state index contributed by atoms with van der Waals surface area (Å²) in [7, 11) is 0. The average Bonchev–Trinajstić information content (AvgIpc) is 3.30. The van der Waals surface area contributed by atoms with Crippen LogP contribution in [0.1, 0.15) is 18.4 Å². The highest BCUT2D eigenvalue weighted by Gasteiger charge is 2.36. The van der Waals surface area contributed by atoms with Crippen LogP contribution < -0.4 is 10.1 Å². The molecule has 0 aliphatic carbocycles. The number of terminal acetylenes is 1. The van der Waals surface area contributed by atoms with Crippen molar-refractivity contribution in [1.29, 1.82) is 0 Å². The van der Waals surface area contributed by atoms with Gasteiger partial charge in [-0.15, -0.1) is 6.42 Å². The second-order valence-electron chi connectivity index (χ2n) is 6.39. The summed E-state index contributed by atoms with van der Waals surface area (Å²) in [6.45, 7) is 0.828. The Hall–Kier alpha value is -2.47. The standard InChI is InChI=1S/C20H19ClN2O5S/c1-2-7-28-16-6-5-13(9-15(16)21)10-17-19(25)23(20(26)29-17)12-18(24)22-11-14-4-3-8-27-14/h1,5-6,9-10,14H,3-4,7-8,11-12H2,(H,22,24)/b17-10-/t14-/m0/s1. The number of ether oxygens (including phenoxy) is 2. The van der Waals surface area contributed by atoms with Gasteiger partial charge in [0.05, 0.1) is 16.0 Å². The predicted molar refractivity (Wildman–Crippen MR) is 110 cm³/mol. The number of benzene rings is 1. The highest BCUT2D eigenvalue weighted by atomic mass is 35.5. The monoisotopic (exact) mass is 434 g/mol. The molecule has 0 saturated carbocycles. The lowest BCUT2D eigenvalue weighted by molar-refractivity contribution is -0.129. The molecule has 1 aromatic carbocycles. The molecule has 9 heteroatoms. The maximum atomic E-state index is 12.5. The Morgan fingerprint density at radius 3 is 3.00 bits per heavy atom. The van der Waals surface area contributed by atoms with E-state index in [1.165, 1.54) is 0 Å². The van der Waals surface area contributed by atoms with Gasteiger partial charge in [0, 0.05) is 13.2 Å². The van der Waals surface area contributed by atoms with Gasteiger partial charge in [-0.3, -0.25) is 19.3 Å². The fourth-order valence-electron chi connectivity index (χ4n) is 2.86. The van der Waals surface area contributed by atoms with Crippen molar-refractivity contribution in [2.75, 3.05) is 26.3 Å². The molecule has 152 valence electrons. The number of nitrogens with one attached hydrogen (secondary N) is 1. The summed E-state index contributed by atoms with van der Waals surface area (Å²) in [5.41, 5.74) is 0.622. The first-order valence-corrected chi connectivity index (χ1v) is 10.2. The molecular formula is C20H19ClN2O5S. The van der Waals surface area contributed by atoms with Crippen molar-refractivity contribution in [2.45, 2.75) is 18.9 Å². The Labute approximate surface area is 177 Å². The van der Waals surface area contributed by atoms with E-state index in [2.05, 4.69) is 11.2 Å². The zero-order valence-corrected chi connectivity index (χ0v) is 17.1. The maximum Gasteiger partial charge on any atom is 0.294 e. The van der Waals surface area contributed by atoms with Crippen molar-refractivity contribution in [3.8, 4) is 18.1 Å². The Bertz CT molecular complexity index is 889. The maximum absolute atomic E-state index is 12.5. The smallest absolute Gasteiger partial charge is 0.294 e. The summed E-state index contributed by atoms with van der Waals surface area (Å²) in [5, 5.41) is 2.55. The molecule has 2 aliphatic rings. The lowest BCUT2D eigenvalue weighted by atomic mass is 10.2. The van der Waals surface area contributed by atoms with Crippen LogP contribution in [0.4, 0.5) is 4.79 Å². The van der Waals surface area contributed by atoms with E-state index in [9.17, 15) is 14.4 Å². The minimum atomic E-state index is -0.518. The highest BCUT2D eigenvalue weighted by Crippen LogP contribution is 2.33. The van der Waals surface area contributed by atoms with Crippen LogP contribution in [0.15, 0.2) is 23.1 Å². The normalized spacial score (nSPS) is 20.2. The van der Waals surface area contributed by atoms with Crippen LogP contribution in [0.3, 0.4) is 0 Å². The summed E-state index contributed by atoms with van der Waals surface area (Å²) in [4.78, 5) is 38.0. The number of hydrogen-bond donors (Lipinski definition) is 1. The van der Waals surface area contributed by atoms with Crippen LogP contribution in [0.2, 0.25) is 5.02 Å². The number of nitrogens with zero attached hydrogens (tertiary/aromatic N) is 1. The zero-order valence-electron chi connectivity index (χ0n) is 15.5. The van der Waals surface area contributed by atoms with Gasteiger partial charge < -0.3 is 14.8 Å². The van der Waals surface area contributed by atoms with Gasteiger partial charge in [-0.25, -0.2) is 0 Å². The molecule has 7 nitrogen and oxygen atoms in total.